The molecule has 94 valence electrons. The summed E-state index contributed by atoms with van der Waals surface area (Å²) in [4.78, 5) is 8.89. The van der Waals surface area contributed by atoms with Crippen LogP contribution in [0, 0.1) is 6.92 Å². The van der Waals surface area contributed by atoms with Crippen molar-refractivity contribution in [3.8, 4) is 0 Å². The summed E-state index contributed by atoms with van der Waals surface area (Å²) in [6, 6.07) is 10.4. The highest BCUT2D eigenvalue weighted by atomic mass is 35.5. The van der Waals surface area contributed by atoms with E-state index in [-0.39, 0.29) is 5.38 Å². The standard InChI is InChI=1S/C15H17ClN2/c1-11(16)14-10-17-15(18-12(14)2)9-8-13-6-4-3-5-7-13/h3-7,10-11H,8-9H2,1-2H3. The van der Waals surface area contributed by atoms with Gasteiger partial charge >= 0.3 is 0 Å². The highest BCUT2D eigenvalue weighted by Crippen LogP contribution is 2.20. The zero-order valence-corrected chi connectivity index (χ0v) is 11.5. The molecular weight excluding hydrogens is 244 g/mol. The van der Waals surface area contributed by atoms with Crippen LogP contribution < -0.4 is 0 Å². The van der Waals surface area contributed by atoms with Gasteiger partial charge in [-0.2, -0.15) is 0 Å². The Kier molecular flexibility index (Phi) is 4.32. The Bertz CT molecular complexity index is 509. The molecule has 0 amide bonds. The fourth-order valence-electron chi connectivity index (χ4n) is 1.94. The summed E-state index contributed by atoms with van der Waals surface area (Å²) in [5.41, 5.74) is 3.31. The molecule has 1 aromatic heterocycles. The molecular formula is C15H17ClN2. The minimum atomic E-state index is -0.0341. The van der Waals surface area contributed by atoms with Crippen molar-refractivity contribution in [3.05, 3.63) is 59.2 Å². The third-order valence-electron chi connectivity index (χ3n) is 2.98. The van der Waals surface area contributed by atoms with Gasteiger partial charge in [0.2, 0.25) is 0 Å². The van der Waals surface area contributed by atoms with E-state index in [1.807, 2.05) is 26.1 Å². The summed E-state index contributed by atoms with van der Waals surface area (Å²) < 4.78 is 0. The number of halogens is 1. The van der Waals surface area contributed by atoms with E-state index >= 15 is 0 Å². The monoisotopic (exact) mass is 260 g/mol. The second-order valence-corrected chi connectivity index (χ2v) is 5.08. The zero-order chi connectivity index (χ0) is 13.0. The normalized spacial score (nSPS) is 12.4. The zero-order valence-electron chi connectivity index (χ0n) is 10.7. The van der Waals surface area contributed by atoms with Crippen LogP contribution in [0.4, 0.5) is 0 Å². The minimum Gasteiger partial charge on any atom is -0.241 e. The summed E-state index contributed by atoms with van der Waals surface area (Å²) in [5, 5.41) is -0.0341. The number of rotatable bonds is 4. The van der Waals surface area contributed by atoms with Crippen LogP contribution >= 0.6 is 11.6 Å². The SMILES string of the molecule is Cc1nc(CCc2ccccc2)ncc1C(C)Cl. The van der Waals surface area contributed by atoms with E-state index in [0.717, 1.165) is 29.9 Å². The summed E-state index contributed by atoms with van der Waals surface area (Å²) >= 11 is 6.05. The first-order valence-electron chi connectivity index (χ1n) is 6.17. The summed E-state index contributed by atoms with van der Waals surface area (Å²) in [7, 11) is 0. The van der Waals surface area contributed by atoms with Gasteiger partial charge < -0.3 is 0 Å². The lowest BCUT2D eigenvalue weighted by molar-refractivity contribution is 0.828. The predicted molar refractivity (Wildman–Crippen MR) is 74.9 cm³/mol. The van der Waals surface area contributed by atoms with Crippen molar-refractivity contribution in [2.45, 2.75) is 32.1 Å². The van der Waals surface area contributed by atoms with E-state index in [4.69, 9.17) is 11.6 Å². The van der Waals surface area contributed by atoms with Crippen LogP contribution in [0.3, 0.4) is 0 Å². The minimum absolute atomic E-state index is 0.0341. The second kappa shape index (κ2) is 5.96. The Labute approximate surface area is 113 Å². The van der Waals surface area contributed by atoms with Gasteiger partial charge in [0.25, 0.3) is 0 Å². The Balaban J connectivity index is 2.05. The molecule has 0 bridgehead atoms. The van der Waals surface area contributed by atoms with Crippen molar-refractivity contribution in [3.63, 3.8) is 0 Å². The molecule has 0 radical (unpaired) electrons. The fraction of sp³-hybridized carbons (Fsp3) is 0.333. The maximum Gasteiger partial charge on any atom is 0.128 e. The largest absolute Gasteiger partial charge is 0.241 e. The van der Waals surface area contributed by atoms with Crippen LogP contribution in [0.1, 0.15) is 34.9 Å². The lowest BCUT2D eigenvalue weighted by Gasteiger charge is -2.08. The lowest BCUT2D eigenvalue weighted by atomic mass is 10.1. The summed E-state index contributed by atoms with van der Waals surface area (Å²) in [6.07, 6.45) is 3.68. The van der Waals surface area contributed by atoms with E-state index in [1.54, 1.807) is 0 Å². The first-order chi connectivity index (χ1) is 8.66. The molecule has 0 N–H and O–H groups in total. The first kappa shape index (κ1) is 13.0. The Hall–Kier alpha value is -1.41. The van der Waals surface area contributed by atoms with Crippen LogP contribution in [0.2, 0.25) is 0 Å². The van der Waals surface area contributed by atoms with Gasteiger partial charge in [0.1, 0.15) is 5.82 Å². The molecule has 0 aliphatic heterocycles. The molecule has 1 atom stereocenters. The van der Waals surface area contributed by atoms with Gasteiger partial charge in [0.05, 0.1) is 5.38 Å². The predicted octanol–water partition coefficient (Wildman–Crippen LogP) is 3.87. The average molecular weight is 261 g/mol. The molecule has 0 spiro atoms. The second-order valence-electron chi connectivity index (χ2n) is 4.43. The maximum atomic E-state index is 6.05. The Morgan fingerprint density at radius 3 is 2.50 bits per heavy atom. The molecule has 0 saturated heterocycles. The number of benzene rings is 1. The van der Waals surface area contributed by atoms with Crippen LogP contribution in [-0.4, -0.2) is 9.97 Å². The van der Waals surface area contributed by atoms with Gasteiger partial charge in [-0.25, -0.2) is 9.97 Å². The molecule has 2 aromatic rings. The van der Waals surface area contributed by atoms with Crippen molar-refractivity contribution >= 4 is 11.6 Å². The van der Waals surface area contributed by atoms with Gasteiger partial charge in [-0.15, -0.1) is 11.6 Å². The quantitative estimate of drug-likeness (QED) is 0.780. The fourth-order valence-corrected chi connectivity index (χ4v) is 2.15. The highest BCUT2D eigenvalue weighted by molar-refractivity contribution is 6.20. The third kappa shape index (κ3) is 3.30. The third-order valence-corrected chi connectivity index (χ3v) is 3.21. The van der Waals surface area contributed by atoms with E-state index in [2.05, 4.69) is 34.2 Å². The number of aromatic nitrogens is 2. The van der Waals surface area contributed by atoms with Gasteiger partial charge in [0.15, 0.2) is 0 Å². The van der Waals surface area contributed by atoms with Crippen molar-refractivity contribution < 1.29 is 0 Å². The lowest BCUT2D eigenvalue weighted by Crippen LogP contribution is -2.03. The number of hydrogen-bond donors (Lipinski definition) is 0. The smallest absolute Gasteiger partial charge is 0.128 e. The summed E-state index contributed by atoms with van der Waals surface area (Å²) in [6.45, 7) is 3.93. The molecule has 0 aliphatic rings. The van der Waals surface area contributed by atoms with Gasteiger partial charge in [-0.3, -0.25) is 0 Å². The number of aryl methyl sites for hydroxylation is 3. The molecule has 2 rings (SSSR count). The first-order valence-corrected chi connectivity index (χ1v) is 6.61. The molecule has 0 saturated carbocycles. The van der Waals surface area contributed by atoms with Crippen molar-refractivity contribution in [2.75, 3.05) is 0 Å². The van der Waals surface area contributed by atoms with Crippen molar-refractivity contribution in [1.82, 2.24) is 9.97 Å². The van der Waals surface area contributed by atoms with Crippen molar-refractivity contribution in [1.29, 1.82) is 0 Å². The molecule has 0 fully saturated rings. The molecule has 1 heterocycles. The van der Waals surface area contributed by atoms with Gasteiger partial charge in [-0.05, 0) is 25.8 Å². The topological polar surface area (TPSA) is 25.8 Å². The molecule has 2 nitrogen and oxygen atoms in total. The molecule has 1 unspecified atom stereocenters. The average Bonchev–Trinajstić information content (AvgIpc) is 2.37. The van der Waals surface area contributed by atoms with Gasteiger partial charge in [-0.1, -0.05) is 30.3 Å². The van der Waals surface area contributed by atoms with Crippen LogP contribution in [-0.2, 0) is 12.8 Å². The highest BCUT2D eigenvalue weighted by Gasteiger charge is 2.08. The summed E-state index contributed by atoms with van der Waals surface area (Å²) in [5.74, 6) is 0.886. The number of nitrogens with zero attached hydrogens (tertiary/aromatic N) is 2. The van der Waals surface area contributed by atoms with Gasteiger partial charge in [0, 0.05) is 23.9 Å². The number of hydrogen-bond acceptors (Lipinski definition) is 2. The van der Waals surface area contributed by atoms with E-state index in [0.29, 0.717) is 0 Å². The Morgan fingerprint density at radius 1 is 1.17 bits per heavy atom. The Morgan fingerprint density at radius 2 is 1.89 bits per heavy atom. The molecule has 0 aliphatic carbocycles. The molecule has 3 heteroatoms. The van der Waals surface area contributed by atoms with E-state index in [1.165, 1.54) is 5.56 Å². The maximum absolute atomic E-state index is 6.05. The molecule has 18 heavy (non-hydrogen) atoms. The van der Waals surface area contributed by atoms with Crippen LogP contribution in [0.25, 0.3) is 0 Å². The van der Waals surface area contributed by atoms with Crippen molar-refractivity contribution in [2.24, 2.45) is 0 Å². The van der Waals surface area contributed by atoms with Crippen LogP contribution in [0.15, 0.2) is 36.5 Å². The van der Waals surface area contributed by atoms with E-state index in [9.17, 15) is 0 Å². The van der Waals surface area contributed by atoms with Crippen LogP contribution in [0.5, 0.6) is 0 Å². The van der Waals surface area contributed by atoms with E-state index < -0.39 is 0 Å². The molecule has 1 aromatic carbocycles. The number of alkyl halides is 1.